The summed E-state index contributed by atoms with van der Waals surface area (Å²) in [6.07, 6.45) is -1.21. The highest BCUT2D eigenvalue weighted by molar-refractivity contribution is 9.10. The maximum atomic E-state index is 10.3. The Hall–Kier alpha value is -0.870. The van der Waals surface area contributed by atoms with Crippen LogP contribution >= 0.6 is 15.9 Å². The van der Waals surface area contributed by atoms with Gasteiger partial charge in [-0.15, -0.1) is 0 Å². The third-order valence-electron chi connectivity index (χ3n) is 1.66. The Bertz CT molecular complexity index is 311. The molecule has 0 heterocycles. The summed E-state index contributed by atoms with van der Waals surface area (Å²) in [4.78, 5) is 10.3. The van der Waals surface area contributed by atoms with Crippen molar-refractivity contribution < 1.29 is 15.0 Å². The topological polar surface area (TPSA) is 57.5 Å². The summed E-state index contributed by atoms with van der Waals surface area (Å²) >= 11 is 3.27. The summed E-state index contributed by atoms with van der Waals surface area (Å²) < 4.78 is 0.815. The molecule has 0 saturated carbocycles. The Morgan fingerprint density at radius 1 is 1.46 bits per heavy atom. The molecule has 0 saturated heterocycles. The number of hydrogen-bond acceptors (Lipinski definition) is 2. The highest BCUT2D eigenvalue weighted by Gasteiger charge is 2.14. The molecule has 0 amide bonds. The van der Waals surface area contributed by atoms with Crippen LogP contribution in [0.3, 0.4) is 0 Å². The van der Waals surface area contributed by atoms with Crippen LogP contribution in [0.15, 0.2) is 28.7 Å². The molecule has 0 unspecified atom stereocenters. The van der Waals surface area contributed by atoms with Crippen LogP contribution in [-0.4, -0.2) is 22.3 Å². The van der Waals surface area contributed by atoms with Gasteiger partial charge in [0.15, 0.2) is 6.10 Å². The third-order valence-corrected chi connectivity index (χ3v) is 2.43. The van der Waals surface area contributed by atoms with Crippen LogP contribution in [0, 0.1) is 0 Å². The van der Waals surface area contributed by atoms with Gasteiger partial charge in [0, 0.05) is 10.9 Å². The molecule has 0 aliphatic rings. The maximum absolute atomic E-state index is 10.3. The SMILES string of the molecule is O=C(O)[C@H](O)Cc1ccccc1Br. The van der Waals surface area contributed by atoms with Crippen LogP contribution in [0.25, 0.3) is 0 Å². The van der Waals surface area contributed by atoms with Crippen molar-refractivity contribution in [3.8, 4) is 0 Å². The summed E-state index contributed by atoms with van der Waals surface area (Å²) in [6, 6.07) is 7.22. The monoisotopic (exact) mass is 244 g/mol. The molecule has 70 valence electrons. The van der Waals surface area contributed by atoms with E-state index in [2.05, 4.69) is 15.9 Å². The standard InChI is InChI=1S/C9H9BrO3/c10-7-4-2-1-3-6(7)5-8(11)9(12)13/h1-4,8,11H,5H2,(H,12,13)/t8-/m1/s1. The fourth-order valence-electron chi connectivity index (χ4n) is 0.960. The van der Waals surface area contributed by atoms with Crippen molar-refractivity contribution >= 4 is 21.9 Å². The Labute approximate surface area is 84.1 Å². The average molecular weight is 245 g/mol. The number of carboxylic acid groups (broad SMARTS) is 1. The molecule has 3 nitrogen and oxygen atoms in total. The molecular weight excluding hydrogens is 236 g/mol. The number of aliphatic hydroxyl groups is 1. The number of hydrogen-bond donors (Lipinski definition) is 2. The van der Waals surface area contributed by atoms with Crippen molar-refractivity contribution in [1.29, 1.82) is 0 Å². The molecule has 0 bridgehead atoms. The molecule has 0 aromatic heterocycles. The van der Waals surface area contributed by atoms with Crippen LogP contribution < -0.4 is 0 Å². The van der Waals surface area contributed by atoms with Gasteiger partial charge in [-0.1, -0.05) is 34.1 Å². The molecule has 0 fully saturated rings. The Kier molecular flexibility index (Phi) is 3.45. The van der Waals surface area contributed by atoms with Crippen LogP contribution in [0.2, 0.25) is 0 Å². The minimum absolute atomic E-state index is 0.122. The molecule has 4 heteroatoms. The highest BCUT2D eigenvalue weighted by Crippen LogP contribution is 2.17. The summed E-state index contributed by atoms with van der Waals surface area (Å²) in [6.45, 7) is 0. The van der Waals surface area contributed by atoms with Crippen LogP contribution in [0.5, 0.6) is 0 Å². The number of halogens is 1. The fourth-order valence-corrected chi connectivity index (χ4v) is 1.41. The highest BCUT2D eigenvalue weighted by atomic mass is 79.9. The predicted octanol–water partition coefficient (Wildman–Crippen LogP) is 1.44. The second-order valence-electron chi connectivity index (χ2n) is 2.65. The molecule has 0 aliphatic heterocycles. The molecule has 1 aromatic carbocycles. The Balaban J connectivity index is 2.74. The van der Waals surface area contributed by atoms with Gasteiger partial charge < -0.3 is 10.2 Å². The first kappa shape index (κ1) is 10.2. The number of aliphatic hydroxyl groups excluding tert-OH is 1. The van der Waals surface area contributed by atoms with Gasteiger partial charge in [-0.3, -0.25) is 0 Å². The van der Waals surface area contributed by atoms with E-state index in [9.17, 15) is 4.79 Å². The second-order valence-corrected chi connectivity index (χ2v) is 3.50. The zero-order valence-electron chi connectivity index (χ0n) is 6.77. The molecule has 13 heavy (non-hydrogen) atoms. The van der Waals surface area contributed by atoms with E-state index in [1.54, 1.807) is 12.1 Å². The lowest BCUT2D eigenvalue weighted by atomic mass is 10.1. The van der Waals surface area contributed by atoms with E-state index in [-0.39, 0.29) is 6.42 Å². The first-order valence-corrected chi connectivity index (χ1v) is 4.55. The normalized spacial score (nSPS) is 12.5. The van der Waals surface area contributed by atoms with Gasteiger partial charge >= 0.3 is 5.97 Å². The van der Waals surface area contributed by atoms with E-state index in [1.165, 1.54) is 0 Å². The lowest BCUT2D eigenvalue weighted by Gasteiger charge is -2.06. The summed E-state index contributed by atoms with van der Waals surface area (Å²) in [5.74, 6) is -1.20. The summed E-state index contributed by atoms with van der Waals surface area (Å²) in [5.41, 5.74) is 0.789. The predicted molar refractivity (Wildman–Crippen MR) is 51.5 cm³/mol. The number of rotatable bonds is 3. The zero-order chi connectivity index (χ0) is 9.84. The maximum Gasteiger partial charge on any atom is 0.332 e. The average Bonchev–Trinajstić information content (AvgIpc) is 2.08. The zero-order valence-corrected chi connectivity index (χ0v) is 8.36. The smallest absolute Gasteiger partial charge is 0.332 e. The van der Waals surface area contributed by atoms with Gasteiger partial charge in [0.25, 0.3) is 0 Å². The lowest BCUT2D eigenvalue weighted by molar-refractivity contribution is -0.146. The van der Waals surface area contributed by atoms with E-state index in [0.717, 1.165) is 10.0 Å². The Morgan fingerprint density at radius 2 is 2.08 bits per heavy atom. The van der Waals surface area contributed by atoms with Gasteiger partial charge in [-0.2, -0.15) is 0 Å². The van der Waals surface area contributed by atoms with Crippen molar-refractivity contribution in [2.75, 3.05) is 0 Å². The minimum Gasteiger partial charge on any atom is -0.479 e. The van der Waals surface area contributed by atoms with Gasteiger partial charge in [-0.25, -0.2) is 4.79 Å². The van der Waals surface area contributed by atoms with Gasteiger partial charge in [0.2, 0.25) is 0 Å². The van der Waals surface area contributed by atoms with E-state index >= 15 is 0 Å². The van der Waals surface area contributed by atoms with Gasteiger partial charge in [0.1, 0.15) is 0 Å². The first-order valence-electron chi connectivity index (χ1n) is 3.75. The van der Waals surface area contributed by atoms with Gasteiger partial charge in [-0.05, 0) is 11.6 Å². The number of carbonyl (C=O) groups is 1. The second kappa shape index (κ2) is 4.39. The van der Waals surface area contributed by atoms with E-state index in [1.807, 2.05) is 12.1 Å². The van der Waals surface area contributed by atoms with Crippen molar-refractivity contribution in [1.82, 2.24) is 0 Å². The summed E-state index contributed by atoms with van der Waals surface area (Å²) in [5, 5.41) is 17.6. The Morgan fingerprint density at radius 3 is 2.62 bits per heavy atom. The molecule has 1 aromatic rings. The van der Waals surface area contributed by atoms with Crippen LogP contribution in [-0.2, 0) is 11.2 Å². The third kappa shape index (κ3) is 2.82. The van der Waals surface area contributed by atoms with Crippen molar-refractivity contribution in [2.24, 2.45) is 0 Å². The number of carboxylic acids is 1. The minimum atomic E-state index is -1.33. The molecule has 0 spiro atoms. The molecule has 1 atom stereocenters. The largest absolute Gasteiger partial charge is 0.479 e. The van der Waals surface area contributed by atoms with Crippen molar-refractivity contribution in [2.45, 2.75) is 12.5 Å². The summed E-state index contributed by atoms with van der Waals surface area (Å²) in [7, 11) is 0. The van der Waals surface area contributed by atoms with E-state index in [4.69, 9.17) is 10.2 Å². The van der Waals surface area contributed by atoms with Crippen molar-refractivity contribution in [3.63, 3.8) is 0 Å². The number of benzene rings is 1. The van der Waals surface area contributed by atoms with Crippen molar-refractivity contribution in [3.05, 3.63) is 34.3 Å². The molecule has 2 N–H and O–H groups in total. The lowest BCUT2D eigenvalue weighted by Crippen LogP contribution is -2.22. The molecule has 0 radical (unpaired) electrons. The van der Waals surface area contributed by atoms with Gasteiger partial charge in [0.05, 0.1) is 0 Å². The number of aliphatic carboxylic acids is 1. The van der Waals surface area contributed by atoms with Crippen LogP contribution in [0.4, 0.5) is 0 Å². The molecule has 1 rings (SSSR count). The quantitative estimate of drug-likeness (QED) is 0.847. The molecule has 0 aliphatic carbocycles. The molecular formula is C9H9BrO3. The van der Waals surface area contributed by atoms with E-state index < -0.39 is 12.1 Å². The van der Waals surface area contributed by atoms with Crippen LogP contribution in [0.1, 0.15) is 5.56 Å². The fraction of sp³-hybridized carbons (Fsp3) is 0.222. The first-order chi connectivity index (χ1) is 6.11. The van der Waals surface area contributed by atoms with E-state index in [0.29, 0.717) is 0 Å².